The first kappa shape index (κ1) is 17.4. The van der Waals surface area contributed by atoms with Crippen molar-refractivity contribution in [3.05, 3.63) is 83.9 Å². The molecule has 0 aromatic heterocycles. The Kier molecular flexibility index (Phi) is 5.13. The van der Waals surface area contributed by atoms with E-state index >= 15 is 0 Å². The van der Waals surface area contributed by atoms with E-state index < -0.39 is 0 Å². The Morgan fingerprint density at radius 1 is 0.577 bits per heavy atom. The Labute approximate surface area is 152 Å². The number of ether oxygens (including phenoxy) is 2. The van der Waals surface area contributed by atoms with Gasteiger partial charge >= 0.3 is 0 Å². The number of benzene rings is 3. The van der Waals surface area contributed by atoms with Gasteiger partial charge in [-0.05, 0) is 62.4 Å². The lowest BCUT2D eigenvalue weighted by Gasteiger charge is -2.11. The van der Waals surface area contributed by atoms with Crippen molar-refractivity contribution in [1.82, 2.24) is 0 Å². The minimum Gasteiger partial charge on any atom is -0.457 e. The molecule has 0 saturated carbocycles. The van der Waals surface area contributed by atoms with Crippen molar-refractivity contribution in [2.24, 2.45) is 0 Å². The number of carbonyl (C=O) groups excluding carboxylic acids is 2. The molecule has 0 heterocycles. The Morgan fingerprint density at radius 2 is 0.923 bits per heavy atom. The molecular weight excluding hydrogens is 328 g/mol. The molecule has 0 radical (unpaired) electrons. The van der Waals surface area contributed by atoms with Gasteiger partial charge < -0.3 is 9.47 Å². The summed E-state index contributed by atoms with van der Waals surface area (Å²) in [5, 5.41) is 0. The van der Waals surface area contributed by atoms with Crippen molar-refractivity contribution in [2.75, 3.05) is 0 Å². The maximum Gasteiger partial charge on any atom is 0.163 e. The number of para-hydroxylation sites is 2. The van der Waals surface area contributed by atoms with Crippen molar-refractivity contribution in [1.29, 1.82) is 0 Å². The fourth-order valence-electron chi connectivity index (χ4n) is 2.52. The number of Topliss-reactive ketones (excluding diaryl/α,β-unsaturated/α-hetero) is 2. The molecule has 0 amide bonds. The maximum atomic E-state index is 11.7. The predicted molar refractivity (Wildman–Crippen MR) is 99.5 cm³/mol. The lowest BCUT2D eigenvalue weighted by atomic mass is 10.1. The molecule has 0 unspecified atom stereocenters. The topological polar surface area (TPSA) is 52.6 Å². The van der Waals surface area contributed by atoms with Crippen molar-refractivity contribution in [2.45, 2.75) is 13.8 Å². The Balaban J connectivity index is 1.78. The van der Waals surface area contributed by atoms with Gasteiger partial charge in [-0.25, -0.2) is 0 Å². The highest BCUT2D eigenvalue weighted by Crippen LogP contribution is 2.30. The molecule has 0 spiro atoms. The molecule has 0 aliphatic heterocycles. The molecule has 3 rings (SSSR count). The van der Waals surface area contributed by atoms with Crippen LogP contribution in [0.25, 0.3) is 0 Å². The Bertz CT molecular complexity index is 864. The van der Waals surface area contributed by atoms with E-state index in [4.69, 9.17) is 9.47 Å². The predicted octanol–water partition coefficient (Wildman–Crippen LogP) is 5.68. The fourth-order valence-corrected chi connectivity index (χ4v) is 2.52. The molecule has 0 atom stereocenters. The zero-order valence-electron chi connectivity index (χ0n) is 14.6. The van der Waals surface area contributed by atoms with Crippen molar-refractivity contribution >= 4 is 11.6 Å². The van der Waals surface area contributed by atoms with E-state index in [9.17, 15) is 9.59 Å². The molecule has 0 bridgehead atoms. The monoisotopic (exact) mass is 346 g/mol. The lowest BCUT2D eigenvalue weighted by Crippen LogP contribution is -1.97. The van der Waals surface area contributed by atoms with Crippen molar-refractivity contribution < 1.29 is 19.1 Å². The molecule has 3 aromatic carbocycles. The van der Waals surface area contributed by atoms with E-state index in [2.05, 4.69) is 0 Å². The van der Waals surface area contributed by atoms with Crippen LogP contribution in [0.2, 0.25) is 0 Å². The molecular formula is C22H18O4. The van der Waals surface area contributed by atoms with Crippen LogP contribution in [0.4, 0.5) is 0 Å². The third kappa shape index (κ3) is 3.98. The van der Waals surface area contributed by atoms with Crippen LogP contribution in [0, 0.1) is 0 Å². The second-order valence-electron chi connectivity index (χ2n) is 5.78. The number of ketones is 2. The highest BCUT2D eigenvalue weighted by atomic mass is 16.5. The van der Waals surface area contributed by atoms with Gasteiger partial charge in [0.2, 0.25) is 0 Å². The first-order valence-electron chi connectivity index (χ1n) is 8.20. The first-order chi connectivity index (χ1) is 12.5. The molecule has 130 valence electrons. The first-order valence-corrected chi connectivity index (χ1v) is 8.20. The second kappa shape index (κ2) is 7.66. The maximum absolute atomic E-state index is 11.7. The molecule has 0 aliphatic rings. The van der Waals surface area contributed by atoms with Crippen LogP contribution in [0.5, 0.6) is 23.0 Å². The molecule has 4 nitrogen and oxygen atoms in total. The second-order valence-corrected chi connectivity index (χ2v) is 5.78. The number of carbonyl (C=O) groups is 2. The molecule has 26 heavy (non-hydrogen) atoms. The van der Waals surface area contributed by atoms with Gasteiger partial charge in [-0.3, -0.25) is 9.59 Å². The van der Waals surface area contributed by atoms with Gasteiger partial charge in [0.1, 0.15) is 23.0 Å². The van der Waals surface area contributed by atoms with Gasteiger partial charge in [-0.1, -0.05) is 24.3 Å². The van der Waals surface area contributed by atoms with Gasteiger partial charge in [0.15, 0.2) is 11.6 Å². The Morgan fingerprint density at radius 3 is 1.27 bits per heavy atom. The molecule has 0 fully saturated rings. The Hall–Kier alpha value is -3.40. The zero-order chi connectivity index (χ0) is 18.5. The summed E-state index contributed by atoms with van der Waals surface area (Å²) in [5.74, 6) is 2.09. The summed E-state index contributed by atoms with van der Waals surface area (Å²) in [6, 6.07) is 21.2. The summed E-state index contributed by atoms with van der Waals surface area (Å²) in [7, 11) is 0. The highest BCUT2D eigenvalue weighted by molar-refractivity contribution is 5.97. The van der Waals surface area contributed by atoms with Crippen LogP contribution in [0.3, 0.4) is 0 Å². The van der Waals surface area contributed by atoms with Gasteiger partial charge in [-0.2, -0.15) is 0 Å². The summed E-state index contributed by atoms with van der Waals surface area (Å²) in [4.78, 5) is 23.3. The molecule has 3 aromatic rings. The molecule has 0 saturated heterocycles. The van der Waals surface area contributed by atoms with Gasteiger partial charge in [0.25, 0.3) is 0 Å². The van der Waals surface area contributed by atoms with Crippen LogP contribution >= 0.6 is 0 Å². The van der Waals surface area contributed by atoms with Gasteiger partial charge in [0.05, 0.1) is 11.1 Å². The summed E-state index contributed by atoms with van der Waals surface area (Å²) in [5.41, 5.74) is 1.06. The van der Waals surface area contributed by atoms with E-state index in [1.807, 2.05) is 12.1 Å². The van der Waals surface area contributed by atoms with E-state index in [0.29, 0.717) is 34.1 Å². The van der Waals surface area contributed by atoms with Crippen molar-refractivity contribution in [3.8, 4) is 23.0 Å². The quantitative estimate of drug-likeness (QED) is 0.539. The molecule has 4 heteroatoms. The van der Waals surface area contributed by atoms with E-state index in [1.165, 1.54) is 13.8 Å². The minimum absolute atomic E-state index is 0.0543. The molecule has 0 N–H and O–H groups in total. The summed E-state index contributed by atoms with van der Waals surface area (Å²) in [6.07, 6.45) is 0. The normalized spacial score (nSPS) is 10.2. The zero-order valence-corrected chi connectivity index (χ0v) is 14.6. The van der Waals surface area contributed by atoms with Crippen molar-refractivity contribution in [3.63, 3.8) is 0 Å². The third-order valence-electron chi connectivity index (χ3n) is 3.81. The highest BCUT2D eigenvalue weighted by Gasteiger charge is 2.10. The van der Waals surface area contributed by atoms with Crippen LogP contribution < -0.4 is 9.47 Å². The van der Waals surface area contributed by atoms with E-state index in [-0.39, 0.29) is 11.6 Å². The summed E-state index contributed by atoms with van der Waals surface area (Å²) < 4.78 is 11.6. The number of hydrogen-bond donors (Lipinski definition) is 0. The smallest absolute Gasteiger partial charge is 0.163 e. The van der Waals surface area contributed by atoms with Gasteiger partial charge in [0, 0.05) is 0 Å². The molecule has 0 aliphatic carbocycles. The largest absolute Gasteiger partial charge is 0.457 e. The SMILES string of the molecule is CC(=O)c1ccccc1Oc1ccc(Oc2ccccc2C(C)=O)cc1. The van der Waals surface area contributed by atoms with E-state index in [0.717, 1.165) is 0 Å². The number of rotatable bonds is 6. The van der Waals surface area contributed by atoms with Crippen LogP contribution in [-0.2, 0) is 0 Å². The standard InChI is InChI=1S/C22H18O4/c1-15(23)19-7-3-5-9-21(19)25-17-11-13-18(14-12-17)26-22-10-6-4-8-20(22)16(2)24/h3-14H,1-2H3. The summed E-state index contributed by atoms with van der Waals surface area (Å²) in [6.45, 7) is 3.01. The third-order valence-corrected chi connectivity index (χ3v) is 3.81. The average Bonchev–Trinajstić information content (AvgIpc) is 2.64. The van der Waals surface area contributed by atoms with Gasteiger partial charge in [-0.15, -0.1) is 0 Å². The van der Waals surface area contributed by atoms with Crippen LogP contribution in [-0.4, -0.2) is 11.6 Å². The van der Waals surface area contributed by atoms with E-state index in [1.54, 1.807) is 60.7 Å². The van der Waals surface area contributed by atoms with Crippen LogP contribution in [0.1, 0.15) is 34.6 Å². The lowest BCUT2D eigenvalue weighted by molar-refractivity contribution is 0.100. The fraction of sp³-hybridized carbons (Fsp3) is 0.0909. The average molecular weight is 346 g/mol. The summed E-state index contributed by atoms with van der Waals surface area (Å²) >= 11 is 0. The number of hydrogen-bond acceptors (Lipinski definition) is 4. The minimum atomic E-state index is -0.0543. The van der Waals surface area contributed by atoms with Crippen LogP contribution in [0.15, 0.2) is 72.8 Å².